The van der Waals surface area contributed by atoms with Crippen molar-refractivity contribution >= 4 is 22.4 Å². The van der Waals surface area contributed by atoms with Crippen molar-refractivity contribution < 1.29 is 9.90 Å². The predicted octanol–water partition coefficient (Wildman–Crippen LogP) is 2.10. The van der Waals surface area contributed by atoms with Gasteiger partial charge in [-0.1, -0.05) is 20.8 Å². The quantitative estimate of drug-likeness (QED) is 0.888. The molecule has 1 aliphatic heterocycles. The van der Waals surface area contributed by atoms with Crippen molar-refractivity contribution in [1.29, 1.82) is 0 Å². The van der Waals surface area contributed by atoms with Crippen LogP contribution >= 0.6 is 11.3 Å². The molecule has 0 aromatic carbocycles. The van der Waals surface area contributed by atoms with Crippen molar-refractivity contribution in [1.82, 2.24) is 4.98 Å². The van der Waals surface area contributed by atoms with E-state index >= 15 is 0 Å². The fourth-order valence-electron chi connectivity index (χ4n) is 2.33. The summed E-state index contributed by atoms with van der Waals surface area (Å²) in [6.45, 7) is 8.74. The van der Waals surface area contributed by atoms with E-state index in [9.17, 15) is 4.79 Å². The smallest absolute Gasteiger partial charge is 0.326 e. The van der Waals surface area contributed by atoms with E-state index in [-0.39, 0.29) is 0 Å². The number of thiazole rings is 1. The molecule has 1 aromatic rings. The molecule has 1 aromatic heterocycles. The molecule has 0 radical (unpaired) electrons. The maximum Gasteiger partial charge on any atom is 0.326 e. The minimum atomic E-state index is -1.04. The first-order valence-electron chi connectivity index (χ1n) is 6.48. The van der Waals surface area contributed by atoms with Gasteiger partial charge in [-0.25, -0.2) is 4.98 Å². The maximum absolute atomic E-state index is 10.8. The Morgan fingerprint density at radius 1 is 1.63 bits per heavy atom. The summed E-state index contributed by atoms with van der Waals surface area (Å²) in [7, 11) is 0. The molecule has 2 unspecified atom stereocenters. The fourth-order valence-corrected chi connectivity index (χ4v) is 3.23. The molecule has 3 N–H and O–H groups in total. The van der Waals surface area contributed by atoms with E-state index in [1.165, 1.54) is 11.3 Å². The Morgan fingerprint density at radius 3 is 2.84 bits per heavy atom. The van der Waals surface area contributed by atoms with Crippen LogP contribution in [0.1, 0.15) is 38.9 Å². The SMILES string of the molecule is CC(C)(C)C1CCN(c2nc(C(N)C(=O)O)cs2)C1. The van der Waals surface area contributed by atoms with Gasteiger partial charge in [-0.15, -0.1) is 11.3 Å². The van der Waals surface area contributed by atoms with Gasteiger partial charge in [0.2, 0.25) is 0 Å². The van der Waals surface area contributed by atoms with Gasteiger partial charge in [0.1, 0.15) is 6.04 Å². The lowest BCUT2D eigenvalue weighted by atomic mass is 9.80. The fraction of sp³-hybridized carbons (Fsp3) is 0.692. The van der Waals surface area contributed by atoms with E-state index in [0.29, 0.717) is 17.0 Å². The van der Waals surface area contributed by atoms with Crippen molar-refractivity contribution in [3.05, 3.63) is 11.1 Å². The van der Waals surface area contributed by atoms with Crippen LogP contribution in [-0.2, 0) is 4.79 Å². The number of aliphatic carboxylic acids is 1. The molecule has 2 rings (SSSR count). The molecule has 1 aliphatic rings. The van der Waals surface area contributed by atoms with E-state index < -0.39 is 12.0 Å². The van der Waals surface area contributed by atoms with Gasteiger partial charge >= 0.3 is 5.97 Å². The second-order valence-corrected chi connectivity index (χ2v) is 7.01. The van der Waals surface area contributed by atoms with Crippen LogP contribution in [-0.4, -0.2) is 29.1 Å². The molecule has 19 heavy (non-hydrogen) atoms. The normalized spacial score (nSPS) is 21.7. The summed E-state index contributed by atoms with van der Waals surface area (Å²) < 4.78 is 0. The topological polar surface area (TPSA) is 79.5 Å². The van der Waals surface area contributed by atoms with Crippen LogP contribution in [0.15, 0.2) is 5.38 Å². The number of carbonyl (C=O) groups is 1. The van der Waals surface area contributed by atoms with E-state index in [0.717, 1.165) is 24.6 Å². The molecule has 1 saturated heterocycles. The molecule has 0 saturated carbocycles. The minimum Gasteiger partial charge on any atom is -0.480 e. The summed E-state index contributed by atoms with van der Waals surface area (Å²) in [4.78, 5) is 17.4. The van der Waals surface area contributed by atoms with Crippen molar-refractivity contribution in [2.24, 2.45) is 17.1 Å². The molecule has 5 nitrogen and oxygen atoms in total. The number of hydrogen-bond acceptors (Lipinski definition) is 5. The Balaban J connectivity index is 2.07. The number of aromatic nitrogens is 1. The molecule has 0 aliphatic carbocycles. The number of carboxylic acids is 1. The van der Waals surface area contributed by atoms with Gasteiger partial charge in [0.05, 0.1) is 5.69 Å². The van der Waals surface area contributed by atoms with Gasteiger partial charge in [0.15, 0.2) is 5.13 Å². The Kier molecular flexibility index (Phi) is 3.82. The number of carboxylic acid groups (broad SMARTS) is 1. The zero-order valence-corrected chi connectivity index (χ0v) is 12.4. The van der Waals surface area contributed by atoms with Gasteiger partial charge in [0.25, 0.3) is 0 Å². The molecule has 6 heteroatoms. The lowest BCUT2D eigenvalue weighted by Gasteiger charge is -2.26. The molecule has 2 atom stereocenters. The van der Waals surface area contributed by atoms with Crippen molar-refractivity contribution in [2.45, 2.75) is 33.2 Å². The third-order valence-electron chi connectivity index (χ3n) is 3.78. The van der Waals surface area contributed by atoms with Gasteiger partial charge in [-0.3, -0.25) is 4.79 Å². The third kappa shape index (κ3) is 3.06. The zero-order valence-electron chi connectivity index (χ0n) is 11.6. The molecule has 2 heterocycles. The Bertz CT molecular complexity index is 467. The van der Waals surface area contributed by atoms with Crippen molar-refractivity contribution in [3.63, 3.8) is 0 Å². The molecular formula is C13H21N3O2S. The molecular weight excluding hydrogens is 262 g/mol. The highest BCUT2D eigenvalue weighted by molar-refractivity contribution is 7.13. The summed E-state index contributed by atoms with van der Waals surface area (Å²) in [6.07, 6.45) is 1.16. The van der Waals surface area contributed by atoms with Gasteiger partial charge in [-0.2, -0.15) is 0 Å². The molecule has 0 amide bonds. The highest BCUT2D eigenvalue weighted by atomic mass is 32.1. The standard InChI is InChI=1S/C13H21N3O2S/c1-13(2,3)8-4-5-16(6-8)12-15-9(7-19-12)10(14)11(17)18/h7-8,10H,4-6,14H2,1-3H3,(H,17,18). The lowest BCUT2D eigenvalue weighted by Crippen LogP contribution is -2.26. The van der Waals surface area contributed by atoms with Crippen LogP contribution < -0.4 is 10.6 Å². The first kappa shape index (κ1) is 14.3. The van der Waals surface area contributed by atoms with Crippen LogP contribution in [0.2, 0.25) is 0 Å². The minimum absolute atomic E-state index is 0.298. The largest absolute Gasteiger partial charge is 0.480 e. The second-order valence-electron chi connectivity index (χ2n) is 6.17. The molecule has 1 fully saturated rings. The lowest BCUT2D eigenvalue weighted by molar-refractivity contribution is -0.138. The summed E-state index contributed by atoms with van der Waals surface area (Å²) in [5, 5.41) is 11.5. The average Bonchev–Trinajstić information content (AvgIpc) is 2.95. The van der Waals surface area contributed by atoms with Crippen molar-refractivity contribution in [3.8, 4) is 0 Å². The van der Waals surface area contributed by atoms with E-state index in [2.05, 4.69) is 30.7 Å². The number of rotatable bonds is 3. The Labute approximate surface area is 117 Å². The zero-order chi connectivity index (χ0) is 14.2. The van der Waals surface area contributed by atoms with Crippen molar-refractivity contribution in [2.75, 3.05) is 18.0 Å². The highest BCUT2D eigenvalue weighted by Gasteiger charge is 2.33. The van der Waals surface area contributed by atoms with Crippen LogP contribution in [0.5, 0.6) is 0 Å². The van der Waals surface area contributed by atoms with E-state index in [1.807, 2.05) is 0 Å². The van der Waals surface area contributed by atoms with Crippen LogP contribution in [0.25, 0.3) is 0 Å². The highest BCUT2D eigenvalue weighted by Crippen LogP contribution is 2.36. The van der Waals surface area contributed by atoms with Gasteiger partial charge in [0, 0.05) is 18.5 Å². The van der Waals surface area contributed by atoms with Crippen LogP contribution in [0, 0.1) is 11.3 Å². The van der Waals surface area contributed by atoms with E-state index in [4.69, 9.17) is 10.8 Å². The number of anilines is 1. The first-order chi connectivity index (χ1) is 8.79. The summed E-state index contributed by atoms with van der Waals surface area (Å²) in [5.74, 6) is -0.390. The summed E-state index contributed by atoms with van der Waals surface area (Å²) in [5.41, 5.74) is 6.32. The average molecular weight is 283 g/mol. The maximum atomic E-state index is 10.8. The predicted molar refractivity (Wildman–Crippen MR) is 76.5 cm³/mol. The van der Waals surface area contributed by atoms with Gasteiger partial charge < -0.3 is 15.7 Å². The third-order valence-corrected chi connectivity index (χ3v) is 4.70. The Morgan fingerprint density at radius 2 is 2.32 bits per heavy atom. The van der Waals surface area contributed by atoms with E-state index in [1.54, 1.807) is 5.38 Å². The number of hydrogen-bond donors (Lipinski definition) is 2. The van der Waals surface area contributed by atoms with Crippen LogP contribution in [0.3, 0.4) is 0 Å². The second kappa shape index (κ2) is 5.09. The molecule has 0 bridgehead atoms. The van der Waals surface area contributed by atoms with Gasteiger partial charge in [-0.05, 0) is 17.8 Å². The number of nitrogens with zero attached hydrogens (tertiary/aromatic N) is 2. The number of nitrogens with two attached hydrogens (primary N) is 1. The molecule has 106 valence electrons. The molecule has 0 spiro atoms. The van der Waals surface area contributed by atoms with Crippen LogP contribution in [0.4, 0.5) is 5.13 Å². The monoisotopic (exact) mass is 283 g/mol. The first-order valence-corrected chi connectivity index (χ1v) is 7.36. The summed E-state index contributed by atoms with van der Waals surface area (Å²) in [6, 6.07) is -1.02. The summed E-state index contributed by atoms with van der Waals surface area (Å²) >= 11 is 1.48. The Hall–Kier alpha value is -1.14.